The van der Waals surface area contributed by atoms with Crippen molar-refractivity contribution in [1.29, 1.82) is 0 Å². The lowest BCUT2D eigenvalue weighted by molar-refractivity contribution is -0.167. The van der Waals surface area contributed by atoms with Gasteiger partial charge in [-0.2, -0.15) is 0 Å². The molecule has 1 atom stereocenters. The van der Waals surface area contributed by atoms with Crippen LogP contribution in [0.4, 0.5) is 0 Å². The summed E-state index contributed by atoms with van der Waals surface area (Å²) in [7, 11) is 0. The van der Waals surface area contributed by atoms with E-state index in [0.717, 1.165) is 70.6 Å². The molecule has 0 saturated carbocycles. The molecule has 6 heteroatoms. The van der Waals surface area contributed by atoms with E-state index in [2.05, 4.69) is 57.2 Å². The third kappa shape index (κ3) is 60.5. The van der Waals surface area contributed by atoms with Crippen molar-refractivity contribution < 1.29 is 28.6 Å². The molecule has 6 nitrogen and oxygen atoms in total. The van der Waals surface area contributed by atoms with Gasteiger partial charge in [0.25, 0.3) is 0 Å². The highest BCUT2D eigenvalue weighted by molar-refractivity contribution is 5.71. The van der Waals surface area contributed by atoms with Gasteiger partial charge in [0.05, 0.1) is 0 Å². The van der Waals surface area contributed by atoms with Gasteiger partial charge >= 0.3 is 17.9 Å². The van der Waals surface area contributed by atoms with Crippen molar-refractivity contribution in [2.75, 3.05) is 13.2 Å². The average molecular weight is 1040 g/mol. The summed E-state index contributed by atoms with van der Waals surface area (Å²) in [5.74, 6) is -0.841. The minimum atomic E-state index is -0.767. The van der Waals surface area contributed by atoms with Gasteiger partial charge in [0.1, 0.15) is 13.2 Å². The van der Waals surface area contributed by atoms with Crippen molar-refractivity contribution >= 4 is 17.9 Å². The van der Waals surface area contributed by atoms with E-state index in [1.807, 2.05) is 0 Å². The maximum Gasteiger partial charge on any atom is 0.306 e. The fourth-order valence-corrected chi connectivity index (χ4v) is 9.92. The highest BCUT2D eigenvalue weighted by Gasteiger charge is 2.19. The van der Waals surface area contributed by atoms with Crippen molar-refractivity contribution in [1.82, 2.24) is 0 Å². The van der Waals surface area contributed by atoms with Crippen LogP contribution in [-0.2, 0) is 28.6 Å². The first kappa shape index (κ1) is 71.6. The summed E-state index contributed by atoms with van der Waals surface area (Å²) in [6.07, 6.45) is 77.3. The number of rotatable bonds is 61. The lowest BCUT2D eigenvalue weighted by Crippen LogP contribution is -2.30. The van der Waals surface area contributed by atoms with Gasteiger partial charge in [0, 0.05) is 19.3 Å². The zero-order chi connectivity index (χ0) is 53.6. The molecule has 0 saturated heterocycles. The largest absolute Gasteiger partial charge is 0.462 e. The fraction of sp³-hybridized carbons (Fsp3) is 0.868. The highest BCUT2D eigenvalue weighted by atomic mass is 16.6. The van der Waals surface area contributed by atoms with Crippen molar-refractivity contribution in [2.45, 2.75) is 367 Å². The van der Waals surface area contributed by atoms with E-state index in [4.69, 9.17) is 14.2 Å². The summed E-state index contributed by atoms with van der Waals surface area (Å²) in [4.78, 5) is 38.2. The molecule has 0 aromatic rings. The highest BCUT2D eigenvalue weighted by Crippen LogP contribution is 2.18. The second-order valence-corrected chi connectivity index (χ2v) is 22.4. The molecule has 0 N–H and O–H groups in total. The van der Waals surface area contributed by atoms with E-state index in [-0.39, 0.29) is 31.1 Å². The number of allylic oxidation sites excluding steroid dienone is 6. The van der Waals surface area contributed by atoms with Crippen molar-refractivity contribution in [2.24, 2.45) is 0 Å². The summed E-state index contributed by atoms with van der Waals surface area (Å²) in [6, 6.07) is 0. The van der Waals surface area contributed by atoms with Crippen LogP contribution in [-0.4, -0.2) is 37.2 Å². The summed E-state index contributed by atoms with van der Waals surface area (Å²) in [5, 5.41) is 0. The molecule has 0 spiro atoms. The molecule has 0 aromatic heterocycles. The van der Waals surface area contributed by atoms with Crippen LogP contribution in [0.15, 0.2) is 36.5 Å². The number of ether oxygens (including phenoxy) is 3. The van der Waals surface area contributed by atoms with Crippen LogP contribution in [0.2, 0.25) is 0 Å². The number of hydrogen-bond acceptors (Lipinski definition) is 6. The molecular weight excluding hydrogens is 913 g/mol. The minimum absolute atomic E-state index is 0.0657. The van der Waals surface area contributed by atoms with Gasteiger partial charge in [-0.3, -0.25) is 14.4 Å². The Kier molecular flexibility index (Phi) is 61.1. The molecule has 0 aliphatic heterocycles. The minimum Gasteiger partial charge on any atom is -0.462 e. The summed E-state index contributed by atoms with van der Waals surface area (Å²) < 4.78 is 16.9. The molecular formula is C68H126O6. The molecule has 434 valence electrons. The Hall–Kier alpha value is -2.37. The molecule has 0 heterocycles. The molecule has 0 bridgehead atoms. The smallest absolute Gasteiger partial charge is 0.306 e. The van der Waals surface area contributed by atoms with E-state index >= 15 is 0 Å². The number of hydrogen-bond donors (Lipinski definition) is 0. The van der Waals surface area contributed by atoms with Crippen molar-refractivity contribution in [3.8, 4) is 0 Å². The number of carbonyl (C=O) groups excluding carboxylic acids is 3. The predicted molar refractivity (Wildman–Crippen MR) is 321 cm³/mol. The quantitative estimate of drug-likeness (QED) is 0.0261. The van der Waals surface area contributed by atoms with Crippen LogP contribution in [0.5, 0.6) is 0 Å². The van der Waals surface area contributed by atoms with E-state index in [1.165, 1.54) is 250 Å². The Balaban J connectivity index is 4.16. The van der Waals surface area contributed by atoms with E-state index < -0.39 is 6.10 Å². The monoisotopic (exact) mass is 1040 g/mol. The molecule has 0 radical (unpaired) electrons. The van der Waals surface area contributed by atoms with Gasteiger partial charge in [0.2, 0.25) is 0 Å². The second-order valence-electron chi connectivity index (χ2n) is 22.4. The van der Waals surface area contributed by atoms with E-state index in [9.17, 15) is 14.4 Å². The van der Waals surface area contributed by atoms with Crippen LogP contribution in [0.25, 0.3) is 0 Å². The summed E-state index contributed by atoms with van der Waals surface area (Å²) in [5.41, 5.74) is 0. The average Bonchev–Trinajstić information content (AvgIpc) is 3.40. The normalized spacial score (nSPS) is 12.2. The van der Waals surface area contributed by atoms with Gasteiger partial charge in [0.15, 0.2) is 6.10 Å². The van der Waals surface area contributed by atoms with Crippen LogP contribution < -0.4 is 0 Å². The van der Waals surface area contributed by atoms with Crippen LogP contribution in [0.1, 0.15) is 361 Å². The Morgan fingerprint density at radius 2 is 0.486 bits per heavy atom. The lowest BCUT2D eigenvalue weighted by atomic mass is 10.0. The van der Waals surface area contributed by atoms with Gasteiger partial charge in [-0.05, 0) is 57.8 Å². The van der Waals surface area contributed by atoms with Crippen molar-refractivity contribution in [3.63, 3.8) is 0 Å². The SMILES string of the molecule is CCCCCCC/C=C\C/C=C\C/C=C\CCCCCCCCCCCCCCCCC(=O)OCC(COC(=O)CCCCCCCCCCCCCC)OC(=O)CCCCCCCCCCCCCCCCC. The Morgan fingerprint density at radius 3 is 0.757 bits per heavy atom. The predicted octanol–water partition coefficient (Wildman–Crippen LogP) is 22.4. The third-order valence-corrected chi connectivity index (χ3v) is 14.9. The second kappa shape index (κ2) is 63.2. The first-order chi connectivity index (χ1) is 36.5. The standard InChI is InChI=1S/C68H126O6/c1-4-7-10-13-16-19-22-25-27-28-29-30-31-32-33-34-35-36-37-38-39-40-42-43-46-49-52-55-58-61-67(70)73-64-65(63-72-66(69)60-57-54-51-48-45-24-21-18-15-12-9-6-3)74-68(71)62-59-56-53-50-47-44-41-26-23-20-17-14-11-8-5-2/h22,25,28-29,31-32,65H,4-21,23-24,26-27,30,33-64H2,1-3H3/b25-22-,29-28-,32-31-. The topological polar surface area (TPSA) is 78.9 Å². The Labute approximate surface area is 461 Å². The first-order valence-electron chi connectivity index (χ1n) is 33.0. The van der Waals surface area contributed by atoms with E-state index in [0.29, 0.717) is 19.3 Å². The zero-order valence-corrected chi connectivity index (χ0v) is 49.9. The first-order valence-corrected chi connectivity index (χ1v) is 33.0. The molecule has 0 amide bonds. The summed E-state index contributed by atoms with van der Waals surface area (Å²) >= 11 is 0. The Bertz CT molecular complexity index is 1240. The number of unbranched alkanes of at least 4 members (excludes halogenated alkanes) is 44. The molecule has 0 rings (SSSR count). The third-order valence-electron chi connectivity index (χ3n) is 14.9. The maximum atomic E-state index is 12.9. The molecule has 1 unspecified atom stereocenters. The van der Waals surface area contributed by atoms with Gasteiger partial charge in [-0.15, -0.1) is 0 Å². The van der Waals surface area contributed by atoms with Crippen molar-refractivity contribution in [3.05, 3.63) is 36.5 Å². The van der Waals surface area contributed by atoms with Crippen LogP contribution in [0.3, 0.4) is 0 Å². The number of carbonyl (C=O) groups is 3. The van der Waals surface area contributed by atoms with Gasteiger partial charge in [-0.25, -0.2) is 0 Å². The van der Waals surface area contributed by atoms with Gasteiger partial charge in [-0.1, -0.05) is 320 Å². The molecule has 0 aliphatic carbocycles. The molecule has 0 aromatic carbocycles. The summed E-state index contributed by atoms with van der Waals surface area (Å²) in [6.45, 7) is 6.68. The molecule has 0 aliphatic rings. The van der Waals surface area contributed by atoms with Gasteiger partial charge < -0.3 is 14.2 Å². The Morgan fingerprint density at radius 1 is 0.270 bits per heavy atom. The maximum absolute atomic E-state index is 12.9. The van der Waals surface area contributed by atoms with Crippen LogP contribution in [0, 0.1) is 0 Å². The number of esters is 3. The van der Waals surface area contributed by atoms with E-state index in [1.54, 1.807) is 0 Å². The fourth-order valence-electron chi connectivity index (χ4n) is 9.92. The molecule has 0 fully saturated rings. The van der Waals surface area contributed by atoms with Crippen LogP contribution >= 0.6 is 0 Å². The lowest BCUT2D eigenvalue weighted by Gasteiger charge is -2.18. The zero-order valence-electron chi connectivity index (χ0n) is 49.9. The molecule has 74 heavy (non-hydrogen) atoms.